The van der Waals surface area contributed by atoms with Gasteiger partial charge in [0.2, 0.25) is 0 Å². The zero-order valence-electron chi connectivity index (χ0n) is 15.4. The van der Waals surface area contributed by atoms with Crippen LogP contribution in [0, 0.1) is 5.82 Å². The highest BCUT2D eigenvalue weighted by atomic mass is 19.1. The molecule has 0 atom stereocenters. The number of rotatable bonds is 5. The predicted molar refractivity (Wildman–Crippen MR) is 106 cm³/mol. The molecule has 1 aliphatic heterocycles. The first-order valence-electron chi connectivity index (χ1n) is 9.43. The summed E-state index contributed by atoms with van der Waals surface area (Å²) in [6.45, 7) is 1.21. The fourth-order valence-corrected chi connectivity index (χ4v) is 3.46. The van der Waals surface area contributed by atoms with Gasteiger partial charge in [-0.15, -0.1) is 10.2 Å². The second kappa shape index (κ2) is 8.17. The third-order valence-electron chi connectivity index (χ3n) is 4.91. The quantitative estimate of drug-likeness (QED) is 0.738. The summed E-state index contributed by atoms with van der Waals surface area (Å²) in [5, 5.41) is 11.1. The number of nitrogens with zero attached hydrogens (tertiary/aromatic N) is 3. The molecule has 1 aromatic heterocycles. The Kier molecular flexibility index (Phi) is 5.28. The summed E-state index contributed by atoms with van der Waals surface area (Å²) < 4.78 is 13.6. The molecule has 1 amide bonds. The van der Waals surface area contributed by atoms with Gasteiger partial charge in [-0.2, -0.15) is 0 Å². The van der Waals surface area contributed by atoms with Gasteiger partial charge < -0.3 is 10.2 Å². The van der Waals surface area contributed by atoms with E-state index in [1.165, 1.54) is 11.6 Å². The molecule has 142 valence electrons. The van der Waals surface area contributed by atoms with Crippen LogP contribution < -0.4 is 10.2 Å². The minimum Gasteiger partial charge on any atom is -0.350 e. The number of carbonyl (C=O) groups is 1. The van der Waals surface area contributed by atoms with Gasteiger partial charge in [-0.1, -0.05) is 36.4 Å². The van der Waals surface area contributed by atoms with Crippen molar-refractivity contribution >= 4 is 17.4 Å². The molecule has 2 heterocycles. The van der Waals surface area contributed by atoms with Gasteiger partial charge in [0.15, 0.2) is 11.5 Å². The monoisotopic (exact) mass is 376 g/mol. The molecular weight excluding hydrogens is 355 g/mol. The smallest absolute Gasteiger partial charge is 0.271 e. The molecule has 4 rings (SSSR count). The third kappa shape index (κ3) is 3.86. The van der Waals surface area contributed by atoms with Gasteiger partial charge in [-0.05, 0) is 54.7 Å². The number of para-hydroxylation sites is 1. The number of aryl methyl sites for hydroxylation is 1. The number of halogens is 1. The average Bonchev–Trinajstić information content (AvgIpc) is 2.75. The first kappa shape index (κ1) is 18.1. The van der Waals surface area contributed by atoms with Crippen LogP contribution in [0.5, 0.6) is 0 Å². The number of carbonyl (C=O) groups excluding carboxylic acids is 1. The Labute approximate surface area is 163 Å². The molecule has 0 unspecified atom stereocenters. The zero-order chi connectivity index (χ0) is 19.3. The van der Waals surface area contributed by atoms with Crippen molar-refractivity contribution in [3.05, 3.63) is 83.3 Å². The van der Waals surface area contributed by atoms with Crippen molar-refractivity contribution in [2.75, 3.05) is 18.0 Å². The minimum absolute atomic E-state index is 0.252. The molecule has 2 aromatic carbocycles. The summed E-state index contributed by atoms with van der Waals surface area (Å²) >= 11 is 0. The standard InChI is InChI=1S/C22H21FN4O/c23-18-9-3-1-6-16(18)13-14-24-22(28)19-11-12-21(26-25-19)27-15-5-8-17-7-2-4-10-20(17)27/h1-4,6-7,9-12H,5,8,13-15H2,(H,24,28). The molecular formula is C22H21FN4O. The average molecular weight is 376 g/mol. The van der Waals surface area contributed by atoms with Crippen molar-refractivity contribution in [1.29, 1.82) is 0 Å². The summed E-state index contributed by atoms with van der Waals surface area (Å²) in [5.41, 5.74) is 3.27. The van der Waals surface area contributed by atoms with E-state index < -0.39 is 0 Å². The summed E-state index contributed by atoms with van der Waals surface area (Å²) in [4.78, 5) is 14.4. The maximum absolute atomic E-state index is 13.6. The highest BCUT2D eigenvalue weighted by Crippen LogP contribution is 2.31. The Balaban J connectivity index is 1.40. The molecule has 1 N–H and O–H groups in total. The van der Waals surface area contributed by atoms with E-state index in [1.54, 1.807) is 24.3 Å². The predicted octanol–water partition coefficient (Wildman–Crippen LogP) is 3.67. The largest absolute Gasteiger partial charge is 0.350 e. The lowest BCUT2D eigenvalue weighted by Gasteiger charge is -2.29. The lowest BCUT2D eigenvalue weighted by Crippen LogP contribution is -2.28. The van der Waals surface area contributed by atoms with Gasteiger partial charge in [-0.25, -0.2) is 4.39 Å². The number of hydrogen-bond acceptors (Lipinski definition) is 4. The number of aromatic nitrogens is 2. The fourth-order valence-electron chi connectivity index (χ4n) is 3.46. The van der Waals surface area contributed by atoms with Crippen molar-refractivity contribution in [2.24, 2.45) is 0 Å². The van der Waals surface area contributed by atoms with Crippen molar-refractivity contribution in [2.45, 2.75) is 19.3 Å². The lowest BCUT2D eigenvalue weighted by molar-refractivity contribution is 0.0948. The van der Waals surface area contributed by atoms with Crippen LogP contribution in [0.3, 0.4) is 0 Å². The second-order valence-electron chi connectivity index (χ2n) is 6.76. The van der Waals surface area contributed by atoms with E-state index in [0.29, 0.717) is 18.5 Å². The van der Waals surface area contributed by atoms with Crippen molar-refractivity contribution in [3.8, 4) is 0 Å². The van der Waals surface area contributed by atoms with Crippen molar-refractivity contribution < 1.29 is 9.18 Å². The zero-order valence-corrected chi connectivity index (χ0v) is 15.4. The topological polar surface area (TPSA) is 58.1 Å². The van der Waals surface area contributed by atoms with Gasteiger partial charge in [0.25, 0.3) is 5.91 Å². The molecule has 0 fully saturated rings. The number of anilines is 2. The molecule has 0 saturated carbocycles. The van der Waals surface area contributed by atoms with E-state index in [-0.39, 0.29) is 17.4 Å². The third-order valence-corrected chi connectivity index (χ3v) is 4.91. The van der Waals surface area contributed by atoms with E-state index in [0.717, 1.165) is 30.9 Å². The first-order chi connectivity index (χ1) is 13.7. The summed E-state index contributed by atoms with van der Waals surface area (Å²) in [7, 11) is 0. The maximum atomic E-state index is 13.6. The summed E-state index contributed by atoms with van der Waals surface area (Å²) in [6, 6.07) is 18.3. The lowest BCUT2D eigenvalue weighted by atomic mass is 10.0. The van der Waals surface area contributed by atoms with E-state index in [1.807, 2.05) is 18.2 Å². The van der Waals surface area contributed by atoms with Gasteiger partial charge in [0.1, 0.15) is 5.82 Å². The number of amides is 1. The molecule has 0 saturated heterocycles. The van der Waals surface area contributed by atoms with Gasteiger partial charge in [-0.3, -0.25) is 4.79 Å². The molecule has 3 aromatic rings. The van der Waals surface area contributed by atoms with Crippen LogP contribution in [0.4, 0.5) is 15.9 Å². The Morgan fingerprint density at radius 1 is 1.04 bits per heavy atom. The molecule has 1 aliphatic rings. The van der Waals surface area contributed by atoms with E-state index in [9.17, 15) is 9.18 Å². The molecule has 6 heteroatoms. The highest BCUT2D eigenvalue weighted by molar-refractivity contribution is 5.92. The van der Waals surface area contributed by atoms with Crippen molar-refractivity contribution in [3.63, 3.8) is 0 Å². The molecule has 0 radical (unpaired) electrons. The van der Waals surface area contributed by atoms with Crippen LogP contribution in [0.1, 0.15) is 28.0 Å². The number of benzene rings is 2. The minimum atomic E-state index is -0.311. The van der Waals surface area contributed by atoms with Crippen LogP contribution in [0.25, 0.3) is 0 Å². The first-order valence-corrected chi connectivity index (χ1v) is 9.43. The van der Waals surface area contributed by atoms with Gasteiger partial charge >= 0.3 is 0 Å². The molecule has 5 nitrogen and oxygen atoms in total. The second-order valence-corrected chi connectivity index (χ2v) is 6.76. The number of fused-ring (bicyclic) bond motifs is 1. The summed E-state index contributed by atoms with van der Waals surface area (Å²) in [5.74, 6) is 0.159. The van der Waals surface area contributed by atoms with E-state index in [2.05, 4.69) is 32.5 Å². The summed E-state index contributed by atoms with van der Waals surface area (Å²) in [6.07, 6.45) is 2.54. The van der Waals surface area contributed by atoms with Crippen molar-refractivity contribution in [1.82, 2.24) is 15.5 Å². The Morgan fingerprint density at radius 2 is 1.86 bits per heavy atom. The number of hydrogen-bond donors (Lipinski definition) is 1. The maximum Gasteiger partial charge on any atom is 0.271 e. The molecule has 28 heavy (non-hydrogen) atoms. The van der Waals surface area contributed by atoms with Crippen LogP contribution in [-0.4, -0.2) is 29.2 Å². The van der Waals surface area contributed by atoms with Gasteiger partial charge in [0, 0.05) is 18.8 Å². The van der Waals surface area contributed by atoms with E-state index in [4.69, 9.17) is 0 Å². The highest BCUT2D eigenvalue weighted by Gasteiger charge is 2.19. The van der Waals surface area contributed by atoms with Crippen LogP contribution in [0.15, 0.2) is 60.7 Å². The Hall–Kier alpha value is -3.28. The molecule has 0 bridgehead atoms. The normalized spacial score (nSPS) is 13.1. The SMILES string of the molecule is O=C(NCCc1ccccc1F)c1ccc(N2CCCc3ccccc32)nn1. The van der Waals surface area contributed by atoms with Crippen LogP contribution in [0.2, 0.25) is 0 Å². The Bertz CT molecular complexity index is 974. The van der Waals surface area contributed by atoms with E-state index >= 15 is 0 Å². The fraction of sp³-hybridized carbons (Fsp3) is 0.227. The number of nitrogens with one attached hydrogen (secondary N) is 1. The van der Waals surface area contributed by atoms with Crippen LogP contribution >= 0.6 is 0 Å². The Morgan fingerprint density at radius 3 is 2.68 bits per heavy atom. The molecule has 0 aliphatic carbocycles. The van der Waals surface area contributed by atoms with Gasteiger partial charge in [0.05, 0.1) is 0 Å². The van der Waals surface area contributed by atoms with Crippen LogP contribution in [-0.2, 0) is 12.8 Å². The molecule has 0 spiro atoms.